The minimum absolute atomic E-state index is 0.320. The molecule has 0 saturated heterocycles. The molecule has 1 unspecified atom stereocenters. The predicted octanol–water partition coefficient (Wildman–Crippen LogP) is 4.67. The molecule has 0 N–H and O–H groups in total. The molecule has 0 heterocycles. The number of rotatable bonds is 1. The maximum absolute atomic E-state index is 10.2. The van der Waals surface area contributed by atoms with Crippen LogP contribution >= 0.6 is 8.46 Å². The van der Waals surface area contributed by atoms with Crippen LogP contribution in [0.5, 0.6) is 0 Å². The number of hydrogen-bond acceptors (Lipinski definition) is 1. The van der Waals surface area contributed by atoms with E-state index in [0.717, 1.165) is 5.30 Å². The van der Waals surface area contributed by atoms with Gasteiger partial charge in [0.05, 0.1) is 0 Å². The van der Waals surface area contributed by atoms with Gasteiger partial charge in [-0.15, -0.1) is 0 Å². The summed E-state index contributed by atoms with van der Waals surface area (Å²) in [5.41, 5.74) is 5.59. The Bertz CT molecular complexity index is 635. The molecular formula is C18H14OP+. The van der Waals surface area contributed by atoms with Crippen molar-refractivity contribution in [1.29, 1.82) is 0 Å². The van der Waals surface area contributed by atoms with Gasteiger partial charge in [0.2, 0.25) is 0 Å². The summed E-state index contributed by atoms with van der Waals surface area (Å²) in [6, 6.07) is 26.4. The van der Waals surface area contributed by atoms with Gasteiger partial charge in [-0.05, 0) is 34.4 Å². The third-order valence-corrected chi connectivity index (χ3v) is 3.90. The van der Waals surface area contributed by atoms with Crippen molar-refractivity contribution in [2.45, 2.75) is 0 Å². The zero-order valence-corrected chi connectivity index (χ0v) is 11.9. The Morgan fingerprint density at radius 2 is 0.850 bits per heavy atom. The molecule has 0 radical (unpaired) electrons. The Hall–Kier alpha value is -2.24. The summed E-state index contributed by atoms with van der Waals surface area (Å²) < 4.78 is 10.2. The SMILES string of the molecule is O=[PH+]c1ccccc1.c1ccc2c(c1)-c1ccccc1-2. The zero-order valence-electron chi connectivity index (χ0n) is 10.9. The molecule has 0 amide bonds. The lowest BCUT2D eigenvalue weighted by molar-refractivity contribution is 0.603. The highest BCUT2D eigenvalue weighted by Crippen LogP contribution is 2.46. The summed E-state index contributed by atoms with van der Waals surface area (Å²) in [5, 5.41) is 0.882. The van der Waals surface area contributed by atoms with Gasteiger partial charge in [0.25, 0.3) is 0 Å². The normalized spacial score (nSPS) is 10.6. The highest BCUT2D eigenvalue weighted by molar-refractivity contribution is 7.34. The van der Waals surface area contributed by atoms with E-state index in [4.69, 9.17) is 0 Å². The van der Waals surface area contributed by atoms with Crippen LogP contribution in [0.1, 0.15) is 0 Å². The van der Waals surface area contributed by atoms with Gasteiger partial charge >= 0.3 is 8.46 Å². The molecule has 20 heavy (non-hydrogen) atoms. The molecule has 1 aliphatic rings. The third-order valence-electron chi connectivity index (χ3n) is 3.33. The first-order chi connectivity index (χ1) is 9.90. The predicted molar refractivity (Wildman–Crippen MR) is 85.9 cm³/mol. The van der Waals surface area contributed by atoms with E-state index in [0.29, 0.717) is 0 Å². The van der Waals surface area contributed by atoms with Crippen molar-refractivity contribution in [2.24, 2.45) is 0 Å². The van der Waals surface area contributed by atoms with Crippen molar-refractivity contribution in [1.82, 2.24) is 0 Å². The average Bonchev–Trinajstić information content (AvgIpc) is 2.54. The molecule has 96 valence electrons. The lowest BCUT2D eigenvalue weighted by Gasteiger charge is -2.22. The summed E-state index contributed by atoms with van der Waals surface area (Å²) in [7, 11) is -0.320. The molecule has 1 aliphatic carbocycles. The first kappa shape index (κ1) is 12.8. The van der Waals surface area contributed by atoms with Gasteiger partial charge in [-0.25, -0.2) is 0 Å². The molecule has 4 rings (SSSR count). The fraction of sp³-hybridized carbons (Fsp3) is 0. The summed E-state index contributed by atoms with van der Waals surface area (Å²) in [6.45, 7) is 0. The van der Waals surface area contributed by atoms with Gasteiger partial charge in [-0.2, -0.15) is 0 Å². The molecule has 0 aromatic heterocycles. The monoisotopic (exact) mass is 277 g/mol. The van der Waals surface area contributed by atoms with E-state index < -0.39 is 0 Å². The molecule has 3 aromatic rings. The molecule has 0 fully saturated rings. The van der Waals surface area contributed by atoms with Crippen molar-refractivity contribution < 1.29 is 4.57 Å². The highest BCUT2D eigenvalue weighted by Gasteiger charge is 2.19. The van der Waals surface area contributed by atoms with Crippen LogP contribution in [0.4, 0.5) is 0 Å². The van der Waals surface area contributed by atoms with Crippen molar-refractivity contribution in [2.75, 3.05) is 0 Å². The van der Waals surface area contributed by atoms with Gasteiger partial charge in [0.1, 0.15) is 0 Å². The first-order valence-corrected chi connectivity index (χ1v) is 7.43. The molecule has 1 atom stereocenters. The Labute approximate surface area is 120 Å². The second-order valence-electron chi connectivity index (χ2n) is 4.56. The fourth-order valence-electron chi connectivity index (χ4n) is 2.35. The second-order valence-corrected chi connectivity index (χ2v) is 5.34. The topological polar surface area (TPSA) is 17.1 Å². The highest BCUT2D eigenvalue weighted by atomic mass is 31.1. The van der Waals surface area contributed by atoms with E-state index >= 15 is 0 Å². The van der Waals surface area contributed by atoms with E-state index in [9.17, 15) is 4.57 Å². The molecule has 3 aromatic carbocycles. The maximum Gasteiger partial charge on any atom is 0.363 e. The van der Waals surface area contributed by atoms with Gasteiger partial charge < -0.3 is 0 Å². The molecule has 1 nitrogen and oxygen atoms in total. The summed E-state index contributed by atoms with van der Waals surface area (Å²) >= 11 is 0. The standard InChI is InChI=1S/C12H8.C6H5OP/c1-2-6-10-9(5-1)11-7-3-4-8-12(10)11;7-8-6-4-2-1-3-5-6/h1-8H;1-5H/p+1. The van der Waals surface area contributed by atoms with E-state index in [1.807, 2.05) is 30.3 Å². The average molecular weight is 277 g/mol. The largest absolute Gasteiger partial charge is 0.363 e. The lowest BCUT2D eigenvalue weighted by Crippen LogP contribution is -1.96. The van der Waals surface area contributed by atoms with E-state index in [-0.39, 0.29) is 8.46 Å². The number of hydrogen-bond donors (Lipinski definition) is 0. The molecule has 0 bridgehead atoms. The van der Waals surface area contributed by atoms with E-state index in [1.54, 1.807) is 0 Å². The Morgan fingerprint density at radius 3 is 1.15 bits per heavy atom. The van der Waals surface area contributed by atoms with E-state index in [2.05, 4.69) is 48.5 Å². The van der Waals surface area contributed by atoms with Crippen LogP contribution in [0.25, 0.3) is 22.3 Å². The second kappa shape index (κ2) is 5.81. The third kappa shape index (κ3) is 2.41. The van der Waals surface area contributed by atoms with Gasteiger partial charge in [-0.3, -0.25) is 0 Å². The van der Waals surface area contributed by atoms with E-state index in [1.165, 1.54) is 22.3 Å². The van der Waals surface area contributed by atoms with Gasteiger partial charge in [0.15, 0.2) is 5.30 Å². The Kier molecular flexibility index (Phi) is 3.71. The molecule has 0 aliphatic heterocycles. The molecular weight excluding hydrogens is 263 g/mol. The van der Waals surface area contributed by atoms with Crippen LogP contribution in [0.15, 0.2) is 78.9 Å². The van der Waals surface area contributed by atoms with Gasteiger partial charge in [0, 0.05) is 0 Å². The zero-order chi connectivity index (χ0) is 13.8. The van der Waals surface area contributed by atoms with Gasteiger partial charge in [-0.1, -0.05) is 71.3 Å². The number of benzene rings is 3. The van der Waals surface area contributed by atoms with Crippen LogP contribution in [0.2, 0.25) is 0 Å². The molecule has 0 saturated carbocycles. The quantitative estimate of drug-likeness (QED) is 0.462. The molecule has 2 heteroatoms. The van der Waals surface area contributed by atoms with Crippen LogP contribution in [0.3, 0.4) is 0 Å². The van der Waals surface area contributed by atoms with Crippen molar-refractivity contribution in [3.8, 4) is 22.3 Å². The molecule has 0 spiro atoms. The van der Waals surface area contributed by atoms with Crippen LogP contribution in [-0.4, -0.2) is 0 Å². The Morgan fingerprint density at radius 1 is 0.500 bits per heavy atom. The van der Waals surface area contributed by atoms with Crippen LogP contribution in [-0.2, 0) is 4.57 Å². The van der Waals surface area contributed by atoms with Crippen molar-refractivity contribution in [3.63, 3.8) is 0 Å². The van der Waals surface area contributed by atoms with Crippen molar-refractivity contribution in [3.05, 3.63) is 78.9 Å². The van der Waals surface area contributed by atoms with Crippen molar-refractivity contribution >= 4 is 13.8 Å². The smallest absolute Gasteiger partial charge is 0.0707 e. The Balaban J connectivity index is 0.000000133. The first-order valence-electron chi connectivity index (χ1n) is 6.52. The summed E-state index contributed by atoms with van der Waals surface area (Å²) in [5.74, 6) is 0. The fourth-order valence-corrected chi connectivity index (χ4v) is 2.68. The van der Waals surface area contributed by atoms with Crippen LogP contribution < -0.4 is 5.30 Å². The maximum atomic E-state index is 10.2. The number of fused-ring (bicyclic) bond motifs is 4. The summed E-state index contributed by atoms with van der Waals surface area (Å²) in [4.78, 5) is 0. The summed E-state index contributed by atoms with van der Waals surface area (Å²) in [6.07, 6.45) is 0. The van der Waals surface area contributed by atoms with Crippen LogP contribution in [0, 0.1) is 0 Å². The minimum Gasteiger partial charge on any atom is -0.0707 e. The lowest BCUT2D eigenvalue weighted by atomic mass is 9.81. The minimum atomic E-state index is -0.320.